The minimum absolute atomic E-state index is 0.0349. The van der Waals surface area contributed by atoms with Crippen LogP contribution in [0.1, 0.15) is 200 Å². The average molecular weight is 584 g/mol. The standard InChI is InChI=1S/C36H73NO4/c1-3-5-7-9-11-13-15-17-19-21-23-25-27-29-32(38)31-34(40)35(36(37)41)33(39)30-28-26-24-22-20-18-16-14-12-10-8-6-4-2/h32-33,35-36,38-39,41H,3-31,37H2,1-2H3/t32?,33-,35-,36?/m1/s1. The van der Waals surface area contributed by atoms with Crippen LogP contribution >= 0.6 is 0 Å². The molecule has 0 saturated carbocycles. The molecule has 0 aliphatic carbocycles. The molecule has 0 amide bonds. The van der Waals surface area contributed by atoms with Crippen LogP contribution < -0.4 is 5.73 Å². The van der Waals surface area contributed by atoms with Crippen LogP contribution in [0.25, 0.3) is 0 Å². The van der Waals surface area contributed by atoms with Gasteiger partial charge < -0.3 is 21.1 Å². The quantitative estimate of drug-likeness (QED) is 0.0455. The number of nitrogens with two attached hydrogens (primary N) is 1. The molecule has 2 unspecified atom stereocenters. The SMILES string of the molecule is CCCCCCCCCCCCCCCC(O)CC(=O)[C@H](C(N)O)[C@H](O)CCCCCCCCCCCCCCC. The second kappa shape index (κ2) is 31.0. The zero-order valence-corrected chi connectivity index (χ0v) is 27.6. The summed E-state index contributed by atoms with van der Waals surface area (Å²) in [5, 5.41) is 31.0. The molecule has 4 atom stereocenters. The van der Waals surface area contributed by atoms with Gasteiger partial charge in [-0.1, -0.05) is 181 Å². The van der Waals surface area contributed by atoms with E-state index in [0.717, 1.165) is 32.1 Å². The number of aliphatic hydroxyl groups is 3. The molecule has 246 valence electrons. The number of hydrogen-bond acceptors (Lipinski definition) is 5. The summed E-state index contributed by atoms with van der Waals surface area (Å²) in [6, 6.07) is 0. The van der Waals surface area contributed by atoms with Crippen molar-refractivity contribution in [1.82, 2.24) is 0 Å². The predicted octanol–water partition coefficient (Wildman–Crippen LogP) is 9.52. The zero-order valence-electron chi connectivity index (χ0n) is 27.6. The molecule has 5 nitrogen and oxygen atoms in total. The van der Waals surface area contributed by atoms with Crippen LogP contribution in [0, 0.1) is 5.92 Å². The fourth-order valence-corrected chi connectivity index (χ4v) is 6.05. The molecule has 0 rings (SSSR count). The summed E-state index contributed by atoms with van der Waals surface area (Å²) in [5.41, 5.74) is 5.68. The van der Waals surface area contributed by atoms with Gasteiger partial charge in [-0.15, -0.1) is 0 Å². The normalized spacial score (nSPS) is 14.7. The first-order chi connectivity index (χ1) is 19.9. The molecule has 0 aliphatic rings. The number of aliphatic hydroxyl groups excluding tert-OH is 3. The lowest BCUT2D eigenvalue weighted by Gasteiger charge is -2.25. The van der Waals surface area contributed by atoms with E-state index in [1.807, 2.05) is 0 Å². The van der Waals surface area contributed by atoms with Gasteiger partial charge in [-0.05, 0) is 12.8 Å². The summed E-state index contributed by atoms with van der Waals surface area (Å²) in [6.45, 7) is 4.52. The molecular weight excluding hydrogens is 510 g/mol. The molecule has 0 bridgehead atoms. The van der Waals surface area contributed by atoms with E-state index in [4.69, 9.17) is 5.73 Å². The van der Waals surface area contributed by atoms with E-state index in [1.165, 1.54) is 135 Å². The maximum atomic E-state index is 12.7. The number of unbranched alkanes of at least 4 members (excludes halogenated alkanes) is 24. The van der Waals surface area contributed by atoms with Crippen molar-refractivity contribution in [3.63, 3.8) is 0 Å². The third-order valence-electron chi connectivity index (χ3n) is 8.84. The fraction of sp³-hybridized carbons (Fsp3) is 0.972. The lowest BCUT2D eigenvalue weighted by molar-refractivity contribution is -0.133. The fourth-order valence-electron chi connectivity index (χ4n) is 6.05. The maximum Gasteiger partial charge on any atom is 0.145 e. The molecule has 0 aromatic heterocycles. The molecule has 41 heavy (non-hydrogen) atoms. The molecule has 0 radical (unpaired) electrons. The van der Waals surface area contributed by atoms with Crippen molar-refractivity contribution in [2.24, 2.45) is 11.7 Å². The van der Waals surface area contributed by atoms with Crippen LogP contribution in [-0.2, 0) is 4.79 Å². The van der Waals surface area contributed by atoms with Gasteiger partial charge in [0.1, 0.15) is 12.0 Å². The Balaban J connectivity index is 3.81. The van der Waals surface area contributed by atoms with Crippen LogP contribution in [0.5, 0.6) is 0 Å². The molecule has 0 heterocycles. The average Bonchev–Trinajstić information content (AvgIpc) is 2.93. The highest BCUT2D eigenvalue weighted by molar-refractivity contribution is 5.82. The van der Waals surface area contributed by atoms with Gasteiger partial charge in [-0.2, -0.15) is 0 Å². The summed E-state index contributed by atoms with van der Waals surface area (Å²) in [7, 11) is 0. The Morgan fingerprint density at radius 3 is 1.10 bits per heavy atom. The molecule has 5 N–H and O–H groups in total. The predicted molar refractivity (Wildman–Crippen MR) is 176 cm³/mol. The summed E-state index contributed by atoms with van der Waals surface area (Å²) < 4.78 is 0. The third-order valence-corrected chi connectivity index (χ3v) is 8.84. The summed E-state index contributed by atoms with van der Waals surface area (Å²) in [5.74, 6) is -1.32. The summed E-state index contributed by atoms with van der Waals surface area (Å²) in [4.78, 5) is 12.7. The van der Waals surface area contributed by atoms with Crippen molar-refractivity contribution in [2.75, 3.05) is 0 Å². The second-order valence-electron chi connectivity index (χ2n) is 13.0. The van der Waals surface area contributed by atoms with Gasteiger partial charge in [0.25, 0.3) is 0 Å². The number of carbonyl (C=O) groups is 1. The Morgan fingerprint density at radius 2 is 0.780 bits per heavy atom. The van der Waals surface area contributed by atoms with Crippen LogP contribution in [0.4, 0.5) is 0 Å². The topological polar surface area (TPSA) is 104 Å². The van der Waals surface area contributed by atoms with Gasteiger partial charge in [0, 0.05) is 6.42 Å². The van der Waals surface area contributed by atoms with Gasteiger partial charge in [0.15, 0.2) is 0 Å². The summed E-state index contributed by atoms with van der Waals surface area (Å²) >= 11 is 0. The van der Waals surface area contributed by atoms with E-state index in [9.17, 15) is 20.1 Å². The Kier molecular flexibility index (Phi) is 30.6. The van der Waals surface area contributed by atoms with E-state index in [2.05, 4.69) is 13.8 Å². The van der Waals surface area contributed by atoms with Crippen LogP contribution in [0.2, 0.25) is 0 Å². The van der Waals surface area contributed by atoms with E-state index in [-0.39, 0.29) is 12.2 Å². The van der Waals surface area contributed by atoms with Gasteiger partial charge in [0.05, 0.1) is 18.1 Å². The van der Waals surface area contributed by atoms with E-state index >= 15 is 0 Å². The van der Waals surface area contributed by atoms with Crippen LogP contribution in [-0.4, -0.2) is 39.5 Å². The van der Waals surface area contributed by atoms with Gasteiger partial charge in [-0.3, -0.25) is 4.79 Å². The molecule has 0 spiro atoms. The lowest BCUT2D eigenvalue weighted by Crippen LogP contribution is -2.44. The monoisotopic (exact) mass is 584 g/mol. The first-order valence-corrected chi connectivity index (χ1v) is 18.3. The second-order valence-corrected chi connectivity index (χ2v) is 13.0. The Hall–Kier alpha value is -0.490. The smallest absolute Gasteiger partial charge is 0.145 e. The zero-order chi connectivity index (χ0) is 30.4. The lowest BCUT2D eigenvalue weighted by atomic mass is 9.88. The third kappa shape index (κ3) is 26.8. The minimum atomic E-state index is -1.39. The van der Waals surface area contributed by atoms with Crippen molar-refractivity contribution in [2.45, 2.75) is 218 Å². The highest BCUT2D eigenvalue weighted by atomic mass is 16.3. The van der Waals surface area contributed by atoms with Crippen LogP contribution in [0.3, 0.4) is 0 Å². The number of carbonyl (C=O) groups excluding carboxylic acids is 1. The number of Topliss-reactive ketones (excluding diaryl/α,β-unsaturated/α-hetero) is 1. The molecule has 0 aromatic carbocycles. The van der Waals surface area contributed by atoms with E-state index < -0.39 is 24.4 Å². The Morgan fingerprint density at radius 1 is 0.488 bits per heavy atom. The molecule has 0 aromatic rings. The largest absolute Gasteiger partial charge is 0.393 e. The van der Waals surface area contributed by atoms with Gasteiger partial charge >= 0.3 is 0 Å². The van der Waals surface area contributed by atoms with Crippen molar-refractivity contribution in [1.29, 1.82) is 0 Å². The minimum Gasteiger partial charge on any atom is -0.393 e. The molecule has 0 saturated heterocycles. The summed E-state index contributed by atoms with van der Waals surface area (Å²) in [6.07, 6.45) is 30.9. The first-order valence-electron chi connectivity index (χ1n) is 18.3. The van der Waals surface area contributed by atoms with Crippen molar-refractivity contribution >= 4 is 5.78 Å². The Bertz CT molecular complexity index is 542. The molecule has 0 fully saturated rings. The molecule has 5 heteroatoms. The van der Waals surface area contributed by atoms with Crippen molar-refractivity contribution in [3.8, 4) is 0 Å². The highest BCUT2D eigenvalue weighted by Gasteiger charge is 2.32. The number of hydrogen-bond donors (Lipinski definition) is 4. The first kappa shape index (κ1) is 40.5. The number of rotatable bonds is 33. The number of ketones is 1. The van der Waals surface area contributed by atoms with Gasteiger partial charge in [0.2, 0.25) is 0 Å². The van der Waals surface area contributed by atoms with Crippen LogP contribution in [0.15, 0.2) is 0 Å². The maximum absolute atomic E-state index is 12.7. The van der Waals surface area contributed by atoms with Crippen molar-refractivity contribution < 1.29 is 20.1 Å². The van der Waals surface area contributed by atoms with Gasteiger partial charge in [-0.25, -0.2) is 0 Å². The van der Waals surface area contributed by atoms with E-state index in [0.29, 0.717) is 12.8 Å². The van der Waals surface area contributed by atoms with E-state index in [1.54, 1.807) is 0 Å². The molecule has 0 aliphatic heterocycles. The highest BCUT2D eigenvalue weighted by Crippen LogP contribution is 2.20. The Labute approximate surface area is 255 Å². The van der Waals surface area contributed by atoms with Crippen molar-refractivity contribution in [3.05, 3.63) is 0 Å². The molecular formula is C36H73NO4.